The van der Waals surface area contributed by atoms with E-state index in [0.29, 0.717) is 24.6 Å². The molecule has 3 rings (SSSR count). The third-order valence-electron chi connectivity index (χ3n) is 5.18. The quantitative estimate of drug-likeness (QED) is 0.322. The van der Waals surface area contributed by atoms with E-state index in [0.717, 1.165) is 69.1 Å². The highest BCUT2D eigenvalue weighted by atomic mass is 16.5. The molecule has 0 spiro atoms. The van der Waals surface area contributed by atoms with E-state index >= 15 is 0 Å². The maximum Gasteiger partial charge on any atom is 0.222 e. The summed E-state index contributed by atoms with van der Waals surface area (Å²) in [6.45, 7) is 5.62. The van der Waals surface area contributed by atoms with Crippen LogP contribution < -0.4 is 15.4 Å². The van der Waals surface area contributed by atoms with E-state index in [1.807, 2.05) is 36.1 Å². The first-order chi connectivity index (χ1) is 15.2. The van der Waals surface area contributed by atoms with Gasteiger partial charge in [0.05, 0.1) is 7.11 Å². The Hall–Kier alpha value is -3.10. The van der Waals surface area contributed by atoms with Crippen molar-refractivity contribution in [1.82, 2.24) is 30.7 Å². The van der Waals surface area contributed by atoms with Crippen molar-refractivity contribution in [3.63, 3.8) is 0 Å². The fourth-order valence-electron chi connectivity index (χ4n) is 3.48. The van der Waals surface area contributed by atoms with Crippen LogP contribution in [0.2, 0.25) is 0 Å². The summed E-state index contributed by atoms with van der Waals surface area (Å²) in [6.07, 6.45) is 4.86. The summed E-state index contributed by atoms with van der Waals surface area (Å²) >= 11 is 0. The number of carbonyl (C=O) groups excluding carboxylic acids is 1. The molecule has 1 aromatic carbocycles. The van der Waals surface area contributed by atoms with Gasteiger partial charge in [0.15, 0.2) is 11.8 Å². The molecule has 1 fully saturated rings. The number of hydrogen-bond acceptors (Lipinski definition) is 5. The lowest BCUT2D eigenvalue weighted by Gasteiger charge is -2.20. The van der Waals surface area contributed by atoms with E-state index in [-0.39, 0.29) is 5.91 Å². The largest absolute Gasteiger partial charge is 0.497 e. The predicted octanol–water partition coefficient (Wildman–Crippen LogP) is 2.33. The van der Waals surface area contributed by atoms with Crippen LogP contribution in [0.15, 0.2) is 29.3 Å². The number of methoxy groups -OCH3 is 1. The van der Waals surface area contributed by atoms with Gasteiger partial charge in [-0.15, -0.1) is 0 Å². The first kappa shape index (κ1) is 22.6. The number of H-pyrrole nitrogens is 1. The molecule has 0 unspecified atom stereocenters. The van der Waals surface area contributed by atoms with Gasteiger partial charge >= 0.3 is 0 Å². The van der Waals surface area contributed by atoms with Gasteiger partial charge in [-0.1, -0.05) is 6.42 Å². The molecule has 2 aromatic rings. The van der Waals surface area contributed by atoms with Gasteiger partial charge in [0.1, 0.15) is 18.1 Å². The Balaban J connectivity index is 1.48. The summed E-state index contributed by atoms with van der Waals surface area (Å²) in [4.78, 5) is 23.2. The summed E-state index contributed by atoms with van der Waals surface area (Å²) in [5.74, 6) is 3.14. The number of rotatable bonds is 9. The molecule has 9 heteroatoms. The van der Waals surface area contributed by atoms with Gasteiger partial charge < -0.3 is 20.3 Å². The van der Waals surface area contributed by atoms with Crippen LogP contribution in [0.5, 0.6) is 5.75 Å². The van der Waals surface area contributed by atoms with Crippen LogP contribution in [0.4, 0.5) is 0 Å². The van der Waals surface area contributed by atoms with E-state index in [1.54, 1.807) is 7.11 Å². The molecule has 1 amide bonds. The molecule has 3 N–H and O–H groups in total. The fourth-order valence-corrected chi connectivity index (χ4v) is 3.48. The van der Waals surface area contributed by atoms with Gasteiger partial charge in [-0.05, 0) is 50.5 Å². The Morgan fingerprint density at radius 2 is 2.06 bits per heavy atom. The summed E-state index contributed by atoms with van der Waals surface area (Å²) in [7, 11) is 1.64. The van der Waals surface area contributed by atoms with Gasteiger partial charge in [0, 0.05) is 38.2 Å². The lowest BCUT2D eigenvalue weighted by Crippen LogP contribution is -2.39. The maximum absolute atomic E-state index is 12.1. The normalized spacial score (nSPS) is 15.0. The molecule has 0 aliphatic carbocycles. The monoisotopic (exact) mass is 427 g/mol. The first-order valence-electron chi connectivity index (χ1n) is 11.0. The van der Waals surface area contributed by atoms with E-state index in [1.165, 1.54) is 0 Å². The summed E-state index contributed by atoms with van der Waals surface area (Å²) < 4.78 is 5.18. The second-order valence-electron chi connectivity index (χ2n) is 7.50. The number of ether oxygens (including phenoxy) is 1. The van der Waals surface area contributed by atoms with Crippen molar-refractivity contribution in [2.45, 2.75) is 45.6 Å². The number of aromatic nitrogens is 3. The highest BCUT2D eigenvalue weighted by Gasteiger charge is 2.15. The van der Waals surface area contributed by atoms with Gasteiger partial charge in [-0.2, -0.15) is 5.10 Å². The molecule has 31 heavy (non-hydrogen) atoms. The molecule has 0 atom stereocenters. The highest BCUT2D eigenvalue weighted by molar-refractivity contribution is 5.79. The molecule has 2 heterocycles. The number of nitrogens with one attached hydrogen (secondary N) is 3. The van der Waals surface area contributed by atoms with Gasteiger partial charge in [-0.3, -0.25) is 9.89 Å². The van der Waals surface area contributed by atoms with Crippen molar-refractivity contribution < 1.29 is 9.53 Å². The average molecular weight is 428 g/mol. The minimum absolute atomic E-state index is 0.288. The van der Waals surface area contributed by atoms with Crippen LogP contribution in [-0.4, -0.2) is 65.2 Å². The fraction of sp³-hybridized carbons (Fsp3) is 0.545. The highest BCUT2D eigenvalue weighted by Crippen LogP contribution is 2.19. The zero-order chi connectivity index (χ0) is 21.9. The van der Waals surface area contributed by atoms with Crippen molar-refractivity contribution in [3.05, 3.63) is 30.1 Å². The predicted molar refractivity (Wildman–Crippen MR) is 121 cm³/mol. The Kier molecular flexibility index (Phi) is 8.69. The first-order valence-corrected chi connectivity index (χ1v) is 11.0. The number of amides is 1. The molecule has 9 nitrogen and oxygen atoms in total. The zero-order valence-corrected chi connectivity index (χ0v) is 18.5. The Labute approximate surface area is 183 Å². The molecular formula is C22H33N7O2. The average Bonchev–Trinajstić information content (AvgIpc) is 3.17. The topological polar surface area (TPSA) is 108 Å². The molecule has 0 radical (unpaired) electrons. The van der Waals surface area contributed by atoms with Crippen LogP contribution in [0.25, 0.3) is 11.4 Å². The number of aromatic amines is 1. The van der Waals surface area contributed by atoms with Crippen molar-refractivity contribution >= 4 is 11.9 Å². The Morgan fingerprint density at radius 3 is 2.84 bits per heavy atom. The number of hydrogen-bond donors (Lipinski definition) is 3. The Bertz CT molecular complexity index is 848. The smallest absolute Gasteiger partial charge is 0.222 e. The molecule has 1 aliphatic rings. The molecular weight excluding hydrogens is 394 g/mol. The molecule has 168 valence electrons. The minimum Gasteiger partial charge on any atom is -0.497 e. The van der Waals surface area contributed by atoms with Crippen LogP contribution in [0.1, 0.15) is 44.9 Å². The second-order valence-corrected chi connectivity index (χ2v) is 7.50. The number of carbonyl (C=O) groups is 1. The second kappa shape index (κ2) is 11.9. The summed E-state index contributed by atoms with van der Waals surface area (Å²) in [6, 6.07) is 7.62. The molecule has 1 aromatic heterocycles. The van der Waals surface area contributed by atoms with Crippen LogP contribution in [0.3, 0.4) is 0 Å². The van der Waals surface area contributed by atoms with Crippen LogP contribution in [0, 0.1) is 0 Å². The van der Waals surface area contributed by atoms with E-state index < -0.39 is 0 Å². The number of likely N-dealkylation sites (tertiary alicyclic amines) is 1. The molecule has 1 aliphatic heterocycles. The van der Waals surface area contributed by atoms with Crippen molar-refractivity contribution in [2.75, 3.05) is 33.3 Å². The number of benzene rings is 1. The maximum atomic E-state index is 12.1. The minimum atomic E-state index is 0.288. The van der Waals surface area contributed by atoms with E-state index in [4.69, 9.17) is 4.74 Å². The zero-order valence-electron chi connectivity index (χ0n) is 18.5. The SMILES string of the molecule is CCNC(=NCc1nc(-c2ccc(OC)cc2)n[nH]1)NCCCN1CCCCCC1=O. The van der Waals surface area contributed by atoms with Crippen LogP contribution in [-0.2, 0) is 11.3 Å². The number of nitrogens with zero attached hydrogens (tertiary/aromatic N) is 4. The standard InChI is InChI=1S/C22H33N7O2/c1-3-23-22(24-13-7-15-29-14-6-4-5-8-20(29)30)25-16-19-26-21(28-27-19)17-9-11-18(31-2)12-10-17/h9-12H,3-8,13-16H2,1-2H3,(H2,23,24,25)(H,26,27,28). The van der Waals surface area contributed by atoms with Crippen molar-refractivity contribution in [3.8, 4) is 17.1 Å². The third kappa shape index (κ3) is 6.97. The number of aliphatic imine (C=N–C) groups is 1. The summed E-state index contributed by atoms with van der Waals surface area (Å²) in [5.41, 5.74) is 0.917. The van der Waals surface area contributed by atoms with Crippen molar-refractivity contribution in [2.24, 2.45) is 4.99 Å². The van der Waals surface area contributed by atoms with Gasteiger partial charge in [0.2, 0.25) is 5.91 Å². The molecule has 0 bridgehead atoms. The molecule has 0 saturated carbocycles. The van der Waals surface area contributed by atoms with E-state index in [2.05, 4.69) is 30.8 Å². The number of guanidine groups is 1. The third-order valence-corrected chi connectivity index (χ3v) is 5.18. The summed E-state index contributed by atoms with van der Waals surface area (Å²) in [5, 5.41) is 13.8. The van der Waals surface area contributed by atoms with Gasteiger partial charge in [-0.25, -0.2) is 9.98 Å². The lowest BCUT2D eigenvalue weighted by molar-refractivity contribution is -0.130. The van der Waals surface area contributed by atoms with Gasteiger partial charge in [0.25, 0.3) is 0 Å². The van der Waals surface area contributed by atoms with E-state index in [9.17, 15) is 4.79 Å². The Morgan fingerprint density at radius 1 is 1.23 bits per heavy atom. The van der Waals surface area contributed by atoms with Crippen LogP contribution >= 0.6 is 0 Å². The lowest BCUT2D eigenvalue weighted by atomic mass is 10.2. The van der Waals surface area contributed by atoms with Crippen molar-refractivity contribution in [1.29, 1.82) is 0 Å². The molecule has 1 saturated heterocycles.